The normalized spacial score (nSPS) is 12.8. The number of hydrogen-bond acceptors (Lipinski definition) is 4. The lowest BCUT2D eigenvalue weighted by atomic mass is 10.1. The van der Waals surface area contributed by atoms with Gasteiger partial charge in [-0.1, -0.05) is 11.6 Å². The van der Waals surface area contributed by atoms with E-state index in [-0.39, 0.29) is 0 Å². The Balaban J connectivity index is 2.75. The maximum absolute atomic E-state index is 14.1. The van der Waals surface area contributed by atoms with E-state index in [1.165, 1.54) is 0 Å². The van der Waals surface area contributed by atoms with Crippen LogP contribution in [0.1, 0.15) is 17.5 Å². The number of amides is 1. The summed E-state index contributed by atoms with van der Waals surface area (Å²) in [5, 5.41) is 1.10. The molecule has 0 radical (unpaired) electrons. The number of rotatable bonds is 4. The molecule has 0 spiro atoms. The first kappa shape index (κ1) is 19.8. The number of nitrogens with zero attached hydrogens (tertiary/aromatic N) is 2. The van der Waals surface area contributed by atoms with Gasteiger partial charge in [-0.15, -0.1) is 0 Å². The van der Waals surface area contributed by atoms with Crippen LogP contribution < -0.4 is 11.1 Å². The summed E-state index contributed by atoms with van der Waals surface area (Å²) in [5.74, 6) is -6.98. The number of aromatic nitrogens is 2. The van der Waals surface area contributed by atoms with Crippen molar-refractivity contribution in [2.24, 2.45) is 5.73 Å². The molecule has 1 aromatic heterocycles. The van der Waals surface area contributed by atoms with Gasteiger partial charge >= 0.3 is 6.18 Å². The van der Waals surface area contributed by atoms with Gasteiger partial charge in [0, 0.05) is 12.1 Å². The lowest BCUT2D eigenvalue weighted by Crippen LogP contribution is -2.34. The standard InChI is InChI=1S/C14H9ClF6N4O/c1-4(14(19,20)21)23-12-9(10(15)24-13(25-12)11(22)26)8-6(17)2-5(16)3-7(8)18/h2-4H,1H3,(H2,22,26)(H,23,24,25)/t4-/m0/s1. The lowest BCUT2D eigenvalue weighted by molar-refractivity contribution is -0.138. The van der Waals surface area contributed by atoms with Crippen LogP contribution >= 0.6 is 11.6 Å². The smallest absolute Gasteiger partial charge is 0.363 e. The van der Waals surface area contributed by atoms with Gasteiger partial charge in [-0.2, -0.15) is 13.2 Å². The third-order valence-electron chi connectivity index (χ3n) is 3.19. The summed E-state index contributed by atoms with van der Waals surface area (Å²) in [5.41, 5.74) is 3.28. The van der Waals surface area contributed by atoms with Gasteiger partial charge in [0.05, 0.1) is 11.1 Å². The highest BCUT2D eigenvalue weighted by molar-refractivity contribution is 6.33. The van der Waals surface area contributed by atoms with Gasteiger partial charge in [-0.3, -0.25) is 4.79 Å². The molecule has 2 aromatic rings. The summed E-state index contributed by atoms with van der Waals surface area (Å²) in [4.78, 5) is 18.1. The van der Waals surface area contributed by atoms with E-state index in [0.29, 0.717) is 19.1 Å². The van der Waals surface area contributed by atoms with Crippen LogP contribution in [-0.4, -0.2) is 28.1 Å². The van der Waals surface area contributed by atoms with E-state index in [2.05, 4.69) is 9.97 Å². The molecular weight excluding hydrogens is 390 g/mol. The summed E-state index contributed by atoms with van der Waals surface area (Å²) in [6.45, 7) is 0.696. The van der Waals surface area contributed by atoms with Crippen molar-refractivity contribution >= 4 is 23.3 Å². The minimum absolute atomic E-state index is 0.299. The number of anilines is 1. The Morgan fingerprint density at radius 2 is 1.69 bits per heavy atom. The fraction of sp³-hybridized carbons (Fsp3) is 0.214. The van der Waals surface area contributed by atoms with E-state index >= 15 is 0 Å². The van der Waals surface area contributed by atoms with E-state index in [9.17, 15) is 31.1 Å². The largest absolute Gasteiger partial charge is 0.408 e. The Labute approximate surface area is 147 Å². The first-order valence-electron chi connectivity index (χ1n) is 6.77. The van der Waals surface area contributed by atoms with Crippen molar-refractivity contribution in [1.82, 2.24) is 9.97 Å². The average Bonchev–Trinajstić information content (AvgIpc) is 2.47. The van der Waals surface area contributed by atoms with Crippen LogP contribution in [0.4, 0.5) is 32.2 Å². The Bertz CT molecular complexity index is 850. The zero-order valence-electron chi connectivity index (χ0n) is 12.8. The third-order valence-corrected chi connectivity index (χ3v) is 3.46. The van der Waals surface area contributed by atoms with Crippen LogP contribution in [0.2, 0.25) is 5.15 Å². The van der Waals surface area contributed by atoms with Crippen LogP contribution in [-0.2, 0) is 0 Å². The summed E-state index contributed by atoms with van der Waals surface area (Å²) in [7, 11) is 0. The zero-order chi connectivity index (χ0) is 19.8. The number of primary amides is 1. The van der Waals surface area contributed by atoms with E-state index in [4.69, 9.17) is 17.3 Å². The van der Waals surface area contributed by atoms with Crippen LogP contribution in [0.5, 0.6) is 0 Å². The Hall–Kier alpha value is -2.56. The van der Waals surface area contributed by atoms with Gasteiger partial charge in [0.2, 0.25) is 5.82 Å². The van der Waals surface area contributed by atoms with Gasteiger partial charge < -0.3 is 11.1 Å². The Kier molecular flexibility index (Phi) is 5.31. The lowest BCUT2D eigenvalue weighted by Gasteiger charge is -2.20. The minimum Gasteiger partial charge on any atom is -0.363 e. The van der Waals surface area contributed by atoms with Crippen molar-refractivity contribution in [3.8, 4) is 11.1 Å². The van der Waals surface area contributed by atoms with Crippen LogP contribution in [0, 0.1) is 17.5 Å². The molecule has 140 valence electrons. The molecule has 0 aliphatic rings. The Morgan fingerprint density at radius 1 is 1.15 bits per heavy atom. The van der Waals surface area contributed by atoms with Crippen LogP contribution in [0.25, 0.3) is 11.1 Å². The Morgan fingerprint density at radius 3 is 2.15 bits per heavy atom. The van der Waals surface area contributed by atoms with Gasteiger partial charge in [-0.25, -0.2) is 23.1 Å². The zero-order valence-corrected chi connectivity index (χ0v) is 13.5. The maximum atomic E-state index is 14.1. The first-order valence-corrected chi connectivity index (χ1v) is 7.15. The molecule has 1 aromatic carbocycles. The highest BCUT2D eigenvalue weighted by Crippen LogP contribution is 2.37. The SMILES string of the molecule is C[C@H](Nc1nc(C(N)=O)nc(Cl)c1-c1c(F)cc(F)cc1F)C(F)(F)F. The molecular formula is C14H9ClF6N4O. The first-order chi connectivity index (χ1) is 11.9. The van der Waals surface area contributed by atoms with Gasteiger partial charge in [0.25, 0.3) is 5.91 Å². The number of benzene rings is 1. The molecule has 0 saturated heterocycles. The molecule has 12 heteroatoms. The quantitative estimate of drug-likeness (QED) is 0.608. The molecule has 0 aliphatic heterocycles. The molecule has 1 atom stereocenters. The second-order valence-corrected chi connectivity index (χ2v) is 5.44. The molecule has 26 heavy (non-hydrogen) atoms. The topological polar surface area (TPSA) is 80.9 Å². The minimum atomic E-state index is -4.76. The highest BCUT2D eigenvalue weighted by atomic mass is 35.5. The number of halogens is 7. The van der Waals surface area contributed by atoms with Crippen molar-refractivity contribution in [3.05, 3.63) is 40.6 Å². The number of nitrogens with one attached hydrogen (secondary N) is 1. The number of carbonyl (C=O) groups is 1. The number of alkyl halides is 3. The van der Waals surface area contributed by atoms with E-state index in [1.54, 1.807) is 0 Å². The van der Waals surface area contributed by atoms with Gasteiger partial charge in [0.15, 0.2) is 0 Å². The second-order valence-electron chi connectivity index (χ2n) is 5.08. The highest BCUT2D eigenvalue weighted by Gasteiger charge is 2.37. The van der Waals surface area contributed by atoms with Crippen molar-refractivity contribution in [1.29, 1.82) is 0 Å². The van der Waals surface area contributed by atoms with E-state index in [0.717, 1.165) is 0 Å². The number of nitrogens with two attached hydrogens (primary N) is 1. The molecule has 2 rings (SSSR count). The molecule has 0 fully saturated rings. The second kappa shape index (κ2) is 6.98. The summed E-state index contributed by atoms with van der Waals surface area (Å²) in [6, 6.07) is -1.64. The van der Waals surface area contributed by atoms with Crippen molar-refractivity contribution < 1.29 is 31.1 Å². The predicted octanol–water partition coefficient (Wildman–Crippen LogP) is 3.68. The maximum Gasteiger partial charge on any atom is 0.408 e. The fourth-order valence-corrected chi connectivity index (χ4v) is 2.20. The summed E-state index contributed by atoms with van der Waals surface area (Å²) >= 11 is 5.79. The molecule has 5 nitrogen and oxygen atoms in total. The summed E-state index contributed by atoms with van der Waals surface area (Å²) in [6.07, 6.45) is -4.76. The monoisotopic (exact) mass is 398 g/mol. The van der Waals surface area contributed by atoms with Gasteiger partial charge in [-0.05, 0) is 6.92 Å². The van der Waals surface area contributed by atoms with Crippen molar-refractivity contribution in [3.63, 3.8) is 0 Å². The van der Waals surface area contributed by atoms with E-state index < -0.39 is 63.5 Å². The molecule has 1 heterocycles. The molecule has 0 unspecified atom stereocenters. The third kappa shape index (κ3) is 3.98. The molecule has 0 bridgehead atoms. The molecule has 3 N–H and O–H groups in total. The molecule has 0 aliphatic carbocycles. The van der Waals surface area contributed by atoms with Crippen LogP contribution in [0.15, 0.2) is 12.1 Å². The van der Waals surface area contributed by atoms with Crippen molar-refractivity contribution in [2.45, 2.75) is 19.1 Å². The number of hydrogen-bond donors (Lipinski definition) is 2. The summed E-state index contributed by atoms with van der Waals surface area (Å²) < 4.78 is 79.6. The van der Waals surface area contributed by atoms with Crippen LogP contribution in [0.3, 0.4) is 0 Å². The van der Waals surface area contributed by atoms with Gasteiger partial charge in [0.1, 0.15) is 34.5 Å². The van der Waals surface area contributed by atoms with E-state index in [1.807, 2.05) is 5.32 Å². The molecule has 0 saturated carbocycles. The fourth-order valence-electron chi connectivity index (χ4n) is 1.94. The van der Waals surface area contributed by atoms with Crippen molar-refractivity contribution in [2.75, 3.05) is 5.32 Å². The predicted molar refractivity (Wildman–Crippen MR) is 80.0 cm³/mol. The average molecular weight is 399 g/mol. The number of carbonyl (C=O) groups excluding carboxylic acids is 1. The molecule has 1 amide bonds.